The molecule has 0 saturated heterocycles. The summed E-state index contributed by atoms with van der Waals surface area (Å²) < 4.78 is 27.0. The van der Waals surface area contributed by atoms with Crippen molar-refractivity contribution < 1.29 is 8.42 Å². The van der Waals surface area contributed by atoms with Crippen LogP contribution in [-0.2, 0) is 10.0 Å². The van der Waals surface area contributed by atoms with Crippen molar-refractivity contribution in [2.75, 3.05) is 12.3 Å². The van der Waals surface area contributed by atoms with Crippen LogP contribution in [0.25, 0.3) is 0 Å². The van der Waals surface area contributed by atoms with Gasteiger partial charge in [0.25, 0.3) is 0 Å². The molecule has 1 aromatic rings. The van der Waals surface area contributed by atoms with Gasteiger partial charge in [0, 0.05) is 12.2 Å². The summed E-state index contributed by atoms with van der Waals surface area (Å²) >= 11 is 0. The highest BCUT2D eigenvalue weighted by atomic mass is 32.2. The lowest BCUT2D eigenvalue weighted by molar-refractivity contribution is 0.574. The minimum Gasteiger partial charge on any atom is -0.398 e. The normalized spacial score (nSPS) is 15.9. The number of hydrogen-bond acceptors (Lipinski definition) is 3. The van der Waals surface area contributed by atoms with Crippen molar-refractivity contribution in [3.05, 3.63) is 23.3 Å². The smallest absolute Gasteiger partial charge is 0.240 e. The summed E-state index contributed by atoms with van der Waals surface area (Å²) in [6.07, 6.45) is 3.40. The van der Waals surface area contributed by atoms with Crippen molar-refractivity contribution in [3.8, 4) is 0 Å². The van der Waals surface area contributed by atoms with Gasteiger partial charge in [0.2, 0.25) is 10.0 Å². The average molecular weight is 268 g/mol. The molecule has 0 heterocycles. The third-order valence-electron chi connectivity index (χ3n) is 3.38. The predicted octanol–water partition coefficient (Wildman–Crippen LogP) is 1.96. The van der Waals surface area contributed by atoms with Crippen LogP contribution in [0, 0.1) is 19.8 Å². The topological polar surface area (TPSA) is 72.2 Å². The fraction of sp³-hybridized carbons (Fsp3) is 0.538. The molecule has 1 saturated carbocycles. The van der Waals surface area contributed by atoms with Gasteiger partial charge >= 0.3 is 0 Å². The van der Waals surface area contributed by atoms with E-state index in [1.165, 1.54) is 12.8 Å². The Hall–Kier alpha value is -1.07. The van der Waals surface area contributed by atoms with Gasteiger partial charge in [-0.2, -0.15) is 0 Å². The maximum Gasteiger partial charge on any atom is 0.240 e. The summed E-state index contributed by atoms with van der Waals surface area (Å²) in [5.74, 6) is 0.719. The number of rotatable bonds is 5. The molecule has 0 unspecified atom stereocenters. The Morgan fingerprint density at radius 3 is 2.61 bits per heavy atom. The van der Waals surface area contributed by atoms with E-state index < -0.39 is 10.0 Å². The molecule has 0 radical (unpaired) electrons. The summed E-state index contributed by atoms with van der Waals surface area (Å²) in [6.45, 7) is 4.10. The molecule has 1 aliphatic carbocycles. The molecule has 5 heteroatoms. The van der Waals surface area contributed by atoms with Crippen molar-refractivity contribution in [2.45, 2.75) is 38.0 Å². The predicted molar refractivity (Wildman–Crippen MR) is 72.9 cm³/mol. The molecule has 0 amide bonds. The van der Waals surface area contributed by atoms with Crippen LogP contribution in [0.3, 0.4) is 0 Å². The van der Waals surface area contributed by atoms with E-state index in [4.69, 9.17) is 5.73 Å². The van der Waals surface area contributed by atoms with Crippen molar-refractivity contribution in [3.63, 3.8) is 0 Å². The first-order chi connectivity index (χ1) is 8.40. The highest BCUT2D eigenvalue weighted by Crippen LogP contribution is 2.32. The SMILES string of the molecule is Cc1cc(N)c(C)c(S(=O)(=O)NCCC2CC2)c1. The van der Waals surface area contributed by atoms with Gasteiger partial charge in [-0.25, -0.2) is 13.1 Å². The molecule has 1 aromatic carbocycles. The van der Waals surface area contributed by atoms with Gasteiger partial charge in [-0.3, -0.25) is 0 Å². The molecule has 1 fully saturated rings. The molecular formula is C13H20N2O2S. The minimum absolute atomic E-state index is 0.302. The number of benzene rings is 1. The zero-order valence-corrected chi connectivity index (χ0v) is 11.7. The van der Waals surface area contributed by atoms with E-state index in [1.54, 1.807) is 19.1 Å². The molecule has 100 valence electrons. The molecule has 1 aliphatic rings. The lowest BCUT2D eigenvalue weighted by Crippen LogP contribution is -2.26. The number of aryl methyl sites for hydroxylation is 1. The van der Waals surface area contributed by atoms with Gasteiger partial charge in [0.05, 0.1) is 4.90 Å². The zero-order valence-electron chi connectivity index (χ0n) is 10.9. The van der Waals surface area contributed by atoms with Crippen LogP contribution in [-0.4, -0.2) is 15.0 Å². The van der Waals surface area contributed by atoms with Gasteiger partial charge in [-0.1, -0.05) is 12.8 Å². The number of nitrogens with two attached hydrogens (primary N) is 1. The van der Waals surface area contributed by atoms with E-state index >= 15 is 0 Å². The van der Waals surface area contributed by atoms with Gasteiger partial charge in [0.15, 0.2) is 0 Å². The molecule has 18 heavy (non-hydrogen) atoms. The van der Waals surface area contributed by atoms with Crippen LogP contribution < -0.4 is 10.5 Å². The molecule has 2 rings (SSSR count). The van der Waals surface area contributed by atoms with E-state index in [9.17, 15) is 8.42 Å². The quantitative estimate of drug-likeness (QED) is 0.802. The van der Waals surface area contributed by atoms with Gasteiger partial charge in [-0.15, -0.1) is 0 Å². The molecule has 0 aromatic heterocycles. The third kappa shape index (κ3) is 3.03. The summed E-state index contributed by atoms with van der Waals surface area (Å²) in [5.41, 5.74) is 7.82. The molecule has 0 bridgehead atoms. The lowest BCUT2D eigenvalue weighted by atomic mass is 10.1. The molecule has 0 aliphatic heterocycles. The Kier molecular flexibility index (Phi) is 3.64. The second kappa shape index (κ2) is 4.90. The van der Waals surface area contributed by atoms with Crippen LogP contribution in [0.5, 0.6) is 0 Å². The molecule has 0 spiro atoms. The molecule has 4 nitrogen and oxygen atoms in total. The number of hydrogen-bond donors (Lipinski definition) is 2. The van der Waals surface area contributed by atoms with Crippen LogP contribution in [0.15, 0.2) is 17.0 Å². The zero-order chi connectivity index (χ0) is 13.3. The van der Waals surface area contributed by atoms with Gasteiger partial charge in [0.1, 0.15) is 0 Å². The minimum atomic E-state index is -3.43. The number of anilines is 1. The van der Waals surface area contributed by atoms with Gasteiger partial charge < -0.3 is 5.73 Å². The van der Waals surface area contributed by atoms with Crippen LogP contribution >= 0.6 is 0 Å². The number of nitrogens with one attached hydrogen (secondary N) is 1. The second-order valence-electron chi connectivity index (χ2n) is 5.11. The van der Waals surface area contributed by atoms with Crippen molar-refractivity contribution in [1.82, 2.24) is 4.72 Å². The van der Waals surface area contributed by atoms with Crippen molar-refractivity contribution >= 4 is 15.7 Å². The lowest BCUT2D eigenvalue weighted by Gasteiger charge is -2.12. The van der Waals surface area contributed by atoms with Crippen molar-refractivity contribution in [1.29, 1.82) is 0 Å². The molecule has 0 atom stereocenters. The first-order valence-corrected chi connectivity index (χ1v) is 7.75. The van der Waals surface area contributed by atoms with E-state index in [0.29, 0.717) is 22.7 Å². The summed E-state index contributed by atoms with van der Waals surface area (Å²) in [7, 11) is -3.43. The fourth-order valence-electron chi connectivity index (χ4n) is 2.01. The molecular weight excluding hydrogens is 248 g/mol. The Bertz CT molecular complexity index is 548. The second-order valence-corrected chi connectivity index (χ2v) is 6.84. The Balaban J connectivity index is 2.17. The summed E-state index contributed by atoms with van der Waals surface area (Å²) in [4.78, 5) is 0.302. The number of sulfonamides is 1. The highest BCUT2D eigenvalue weighted by molar-refractivity contribution is 7.89. The number of nitrogen functional groups attached to an aromatic ring is 1. The summed E-state index contributed by atoms with van der Waals surface area (Å²) in [6, 6.07) is 3.46. The maximum absolute atomic E-state index is 12.2. The Morgan fingerprint density at radius 1 is 1.33 bits per heavy atom. The first kappa shape index (κ1) is 13.4. The monoisotopic (exact) mass is 268 g/mol. The van der Waals surface area contributed by atoms with Crippen LogP contribution in [0.4, 0.5) is 5.69 Å². The van der Waals surface area contributed by atoms with Crippen LogP contribution in [0.2, 0.25) is 0 Å². The van der Waals surface area contributed by atoms with E-state index in [2.05, 4.69) is 4.72 Å². The summed E-state index contributed by atoms with van der Waals surface area (Å²) in [5, 5.41) is 0. The third-order valence-corrected chi connectivity index (χ3v) is 4.96. The Morgan fingerprint density at radius 2 is 2.00 bits per heavy atom. The maximum atomic E-state index is 12.2. The van der Waals surface area contributed by atoms with E-state index in [0.717, 1.165) is 17.9 Å². The van der Waals surface area contributed by atoms with Gasteiger partial charge in [-0.05, 0) is 49.4 Å². The highest BCUT2D eigenvalue weighted by Gasteiger charge is 2.23. The average Bonchev–Trinajstić information content (AvgIpc) is 3.07. The molecule has 3 N–H and O–H groups in total. The standard InChI is InChI=1S/C13H20N2O2S/c1-9-7-12(14)10(2)13(8-9)18(16,17)15-6-5-11-3-4-11/h7-8,11,15H,3-6,14H2,1-2H3. The largest absolute Gasteiger partial charge is 0.398 e. The first-order valence-electron chi connectivity index (χ1n) is 6.26. The van der Waals surface area contributed by atoms with Crippen molar-refractivity contribution in [2.24, 2.45) is 5.92 Å². The Labute approximate surface area is 109 Å². The van der Waals surface area contributed by atoms with Crippen LogP contribution in [0.1, 0.15) is 30.4 Å². The fourth-order valence-corrected chi connectivity index (χ4v) is 3.42. The van der Waals surface area contributed by atoms with E-state index in [1.807, 2.05) is 6.92 Å². The van der Waals surface area contributed by atoms with E-state index in [-0.39, 0.29) is 0 Å².